The van der Waals surface area contributed by atoms with E-state index in [2.05, 4.69) is 18.7 Å². The summed E-state index contributed by atoms with van der Waals surface area (Å²) in [6.45, 7) is 6.96. The Labute approximate surface area is 114 Å². The van der Waals surface area contributed by atoms with Gasteiger partial charge in [0.2, 0.25) is 0 Å². The predicted octanol–water partition coefficient (Wildman–Crippen LogP) is 2.71. The van der Waals surface area contributed by atoms with Crippen LogP contribution in [0.5, 0.6) is 0 Å². The second kappa shape index (κ2) is 6.52. The number of anilines is 1. The summed E-state index contributed by atoms with van der Waals surface area (Å²) >= 11 is 0. The van der Waals surface area contributed by atoms with E-state index >= 15 is 0 Å². The first kappa shape index (κ1) is 15.4. The van der Waals surface area contributed by atoms with E-state index in [4.69, 9.17) is 5.73 Å². The number of aryl methyl sites for hydroxylation is 1. The smallest absolute Gasteiger partial charge is 0.269 e. The van der Waals surface area contributed by atoms with Crippen molar-refractivity contribution in [1.82, 2.24) is 0 Å². The molecule has 0 spiro atoms. The average molecular weight is 265 g/mol. The van der Waals surface area contributed by atoms with Gasteiger partial charge in [-0.1, -0.05) is 13.8 Å². The Morgan fingerprint density at radius 1 is 1.42 bits per heavy atom. The fourth-order valence-electron chi connectivity index (χ4n) is 1.98. The molecule has 0 aromatic heterocycles. The standard InChI is InChI=1S/C14H23N3O2/c1-10(2)13(15)7-8-16(4)14-6-5-12(17(18)19)9-11(14)3/h5-6,9-10,13H,7-8,15H2,1-4H3. The third kappa shape index (κ3) is 4.21. The number of nitro benzene ring substituents is 1. The number of hydrogen-bond donors (Lipinski definition) is 1. The van der Waals surface area contributed by atoms with Gasteiger partial charge in [-0.15, -0.1) is 0 Å². The molecule has 0 heterocycles. The lowest BCUT2D eigenvalue weighted by Gasteiger charge is -2.24. The topological polar surface area (TPSA) is 72.4 Å². The fourth-order valence-corrected chi connectivity index (χ4v) is 1.98. The minimum atomic E-state index is -0.370. The minimum absolute atomic E-state index is 0.133. The van der Waals surface area contributed by atoms with Crippen LogP contribution in [0.2, 0.25) is 0 Å². The third-order valence-electron chi connectivity index (χ3n) is 3.46. The number of hydrogen-bond acceptors (Lipinski definition) is 4. The van der Waals surface area contributed by atoms with Crippen molar-refractivity contribution in [2.75, 3.05) is 18.5 Å². The molecule has 0 aliphatic carbocycles. The van der Waals surface area contributed by atoms with E-state index in [9.17, 15) is 10.1 Å². The second-order valence-electron chi connectivity index (χ2n) is 5.35. The highest BCUT2D eigenvalue weighted by Crippen LogP contribution is 2.24. The highest BCUT2D eigenvalue weighted by atomic mass is 16.6. The first-order valence-corrected chi connectivity index (χ1v) is 6.54. The van der Waals surface area contributed by atoms with Crippen molar-refractivity contribution in [3.05, 3.63) is 33.9 Å². The van der Waals surface area contributed by atoms with Crippen LogP contribution < -0.4 is 10.6 Å². The molecule has 0 bridgehead atoms. The summed E-state index contributed by atoms with van der Waals surface area (Å²) in [4.78, 5) is 12.4. The van der Waals surface area contributed by atoms with E-state index < -0.39 is 0 Å². The molecule has 1 aromatic rings. The molecule has 106 valence electrons. The lowest BCUT2D eigenvalue weighted by Crippen LogP contribution is -2.32. The SMILES string of the molecule is Cc1cc([N+](=O)[O-])ccc1N(C)CCC(N)C(C)C. The van der Waals surface area contributed by atoms with Gasteiger partial charge in [0.05, 0.1) is 4.92 Å². The summed E-state index contributed by atoms with van der Waals surface area (Å²) in [5, 5.41) is 10.7. The largest absolute Gasteiger partial charge is 0.374 e. The number of nitro groups is 1. The Bertz CT molecular complexity index is 446. The second-order valence-corrected chi connectivity index (χ2v) is 5.35. The van der Waals surface area contributed by atoms with Crippen LogP contribution in [0.1, 0.15) is 25.8 Å². The highest BCUT2D eigenvalue weighted by molar-refractivity contribution is 5.56. The number of nitrogens with zero attached hydrogens (tertiary/aromatic N) is 2. The molecule has 5 heteroatoms. The van der Waals surface area contributed by atoms with Gasteiger partial charge in [0, 0.05) is 37.5 Å². The maximum absolute atomic E-state index is 10.7. The van der Waals surface area contributed by atoms with Crippen molar-refractivity contribution in [2.45, 2.75) is 33.2 Å². The molecular formula is C14H23N3O2. The van der Waals surface area contributed by atoms with Crippen molar-refractivity contribution >= 4 is 11.4 Å². The molecule has 0 aliphatic heterocycles. The summed E-state index contributed by atoms with van der Waals surface area (Å²) in [5.74, 6) is 0.464. The Kier molecular flexibility index (Phi) is 5.30. The molecule has 0 amide bonds. The van der Waals surface area contributed by atoms with E-state index in [0.717, 1.165) is 24.2 Å². The van der Waals surface area contributed by atoms with E-state index in [1.54, 1.807) is 18.2 Å². The van der Waals surface area contributed by atoms with E-state index in [1.807, 2.05) is 14.0 Å². The van der Waals surface area contributed by atoms with Crippen LogP contribution in [0.4, 0.5) is 11.4 Å². The molecule has 5 nitrogen and oxygen atoms in total. The van der Waals surface area contributed by atoms with Crippen LogP contribution in [0.15, 0.2) is 18.2 Å². The van der Waals surface area contributed by atoms with Crippen molar-refractivity contribution in [2.24, 2.45) is 11.7 Å². The zero-order valence-electron chi connectivity index (χ0n) is 12.1. The van der Waals surface area contributed by atoms with Gasteiger partial charge in [-0.2, -0.15) is 0 Å². The number of rotatable bonds is 6. The van der Waals surface area contributed by atoms with Crippen molar-refractivity contribution in [1.29, 1.82) is 0 Å². The van der Waals surface area contributed by atoms with Crippen LogP contribution in [0.3, 0.4) is 0 Å². The Balaban J connectivity index is 2.72. The Morgan fingerprint density at radius 3 is 2.53 bits per heavy atom. The molecule has 0 radical (unpaired) electrons. The summed E-state index contributed by atoms with van der Waals surface area (Å²) in [7, 11) is 1.99. The maximum Gasteiger partial charge on any atom is 0.269 e. The summed E-state index contributed by atoms with van der Waals surface area (Å²) in [6.07, 6.45) is 0.907. The number of benzene rings is 1. The van der Waals surface area contributed by atoms with Gasteiger partial charge in [-0.25, -0.2) is 0 Å². The Morgan fingerprint density at radius 2 is 2.05 bits per heavy atom. The Hall–Kier alpha value is -1.62. The van der Waals surface area contributed by atoms with Crippen LogP contribution >= 0.6 is 0 Å². The van der Waals surface area contributed by atoms with Gasteiger partial charge in [0.25, 0.3) is 5.69 Å². The maximum atomic E-state index is 10.7. The molecule has 0 aliphatic rings. The molecule has 0 fully saturated rings. The van der Waals surface area contributed by atoms with Crippen LogP contribution in [-0.4, -0.2) is 24.6 Å². The first-order chi connectivity index (χ1) is 8.82. The summed E-state index contributed by atoms with van der Waals surface area (Å²) in [5.41, 5.74) is 8.09. The molecule has 0 saturated heterocycles. The lowest BCUT2D eigenvalue weighted by molar-refractivity contribution is -0.384. The fraction of sp³-hybridized carbons (Fsp3) is 0.571. The van der Waals surface area contributed by atoms with Gasteiger partial charge >= 0.3 is 0 Å². The predicted molar refractivity (Wildman–Crippen MR) is 78.5 cm³/mol. The zero-order chi connectivity index (χ0) is 14.6. The highest BCUT2D eigenvalue weighted by Gasteiger charge is 2.13. The molecule has 2 N–H and O–H groups in total. The van der Waals surface area contributed by atoms with Gasteiger partial charge < -0.3 is 10.6 Å². The number of nitrogens with two attached hydrogens (primary N) is 1. The van der Waals surface area contributed by atoms with Crippen LogP contribution in [0, 0.1) is 23.0 Å². The van der Waals surface area contributed by atoms with E-state index in [0.29, 0.717) is 5.92 Å². The third-order valence-corrected chi connectivity index (χ3v) is 3.46. The molecule has 1 rings (SSSR count). The number of non-ortho nitro benzene ring substituents is 1. The van der Waals surface area contributed by atoms with Crippen molar-refractivity contribution in [3.63, 3.8) is 0 Å². The lowest BCUT2D eigenvalue weighted by atomic mass is 10.0. The van der Waals surface area contributed by atoms with Gasteiger partial charge in [0.15, 0.2) is 0 Å². The minimum Gasteiger partial charge on any atom is -0.374 e. The quantitative estimate of drug-likeness (QED) is 0.634. The molecule has 1 unspecified atom stereocenters. The molecule has 19 heavy (non-hydrogen) atoms. The summed E-state index contributed by atoms with van der Waals surface area (Å²) < 4.78 is 0. The van der Waals surface area contributed by atoms with Gasteiger partial charge in [0.1, 0.15) is 0 Å². The van der Waals surface area contributed by atoms with E-state index in [-0.39, 0.29) is 16.7 Å². The van der Waals surface area contributed by atoms with Crippen molar-refractivity contribution < 1.29 is 4.92 Å². The van der Waals surface area contributed by atoms with E-state index in [1.165, 1.54) is 0 Å². The molecular weight excluding hydrogens is 242 g/mol. The first-order valence-electron chi connectivity index (χ1n) is 6.54. The van der Waals surface area contributed by atoms with Crippen molar-refractivity contribution in [3.8, 4) is 0 Å². The summed E-state index contributed by atoms with van der Waals surface area (Å²) in [6, 6.07) is 5.13. The molecule has 1 aromatic carbocycles. The zero-order valence-corrected chi connectivity index (χ0v) is 12.1. The van der Waals surface area contributed by atoms with Gasteiger partial charge in [-0.3, -0.25) is 10.1 Å². The molecule has 1 atom stereocenters. The van der Waals surface area contributed by atoms with Crippen LogP contribution in [-0.2, 0) is 0 Å². The monoisotopic (exact) mass is 265 g/mol. The average Bonchev–Trinajstić information content (AvgIpc) is 2.34. The molecule has 0 saturated carbocycles. The van der Waals surface area contributed by atoms with Gasteiger partial charge in [-0.05, 0) is 30.9 Å². The normalized spacial score (nSPS) is 12.5. The van der Waals surface area contributed by atoms with Crippen LogP contribution in [0.25, 0.3) is 0 Å².